The van der Waals surface area contributed by atoms with Crippen LogP contribution in [0.5, 0.6) is 11.5 Å². The van der Waals surface area contributed by atoms with Gasteiger partial charge in [0.25, 0.3) is 5.91 Å². The number of carbonyl (C=O) groups is 1. The number of hydrogen-bond donors (Lipinski definition) is 2. The summed E-state index contributed by atoms with van der Waals surface area (Å²) in [6, 6.07) is 11.4. The molecule has 2 N–H and O–H groups in total. The Morgan fingerprint density at radius 1 is 1.12 bits per heavy atom. The molecular weight excluding hydrogens is 318 g/mol. The predicted octanol–water partition coefficient (Wildman–Crippen LogP) is 2.70. The monoisotopic (exact) mass is 337 g/mol. The Balaban J connectivity index is 1.37. The van der Waals surface area contributed by atoms with Gasteiger partial charge in [-0.25, -0.2) is 4.98 Å². The molecule has 0 saturated carbocycles. The number of ether oxygens (including phenoxy) is 2. The molecule has 2 heterocycles. The summed E-state index contributed by atoms with van der Waals surface area (Å²) in [4.78, 5) is 19.5. The van der Waals surface area contributed by atoms with Gasteiger partial charge in [0.2, 0.25) is 0 Å². The zero-order valence-electron chi connectivity index (χ0n) is 13.7. The number of hydrogen-bond acceptors (Lipinski definition) is 4. The molecule has 0 radical (unpaired) electrons. The van der Waals surface area contributed by atoms with Crippen molar-refractivity contribution in [2.45, 2.75) is 12.8 Å². The fraction of sp³-hybridized carbons (Fsp3) is 0.263. The van der Waals surface area contributed by atoms with E-state index in [2.05, 4.69) is 15.3 Å². The second kappa shape index (κ2) is 6.84. The highest BCUT2D eigenvalue weighted by Crippen LogP contribution is 2.30. The van der Waals surface area contributed by atoms with E-state index in [1.165, 1.54) is 0 Å². The van der Waals surface area contributed by atoms with E-state index in [1.54, 1.807) is 12.4 Å². The van der Waals surface area contributed by atoms with Gasteiger partial charge >= 0.3 is 0 Å². The van der Waals surface area contributed by atoms with Crippen molar-refractivity contribution in [2.24, 2.45) is 0 Å². The minimum absolute atomic E-state index is 0.0918. The molecule has 0 fully saturated rings. The summed E-state index contributed by atoms with van der Waals surface area (Å²) >= 11 is 0. The van der Waals surface area contributed by atoms with Crippen LogP contribution >= 0.6 is 0 Å². The third-order valence-corrected chi connectivity index (χ3v) is 4.19. The van der Waals surface area contributed by atoms with Crippen LogP contribution in [0.4, 0.5) is 0 Å². The summed E-state index contributed by atoms with van der Waals surface area (Å²) in [5.41, 5.74) is 3.43. The maximum atomic E-state index is 12.3. The molecule has 0 unspecified atom stereocenters. The topological polar surface area (TPSA) is 76.2 Å². The zero-order valence-corrected chi connectivity index (χ0v) is 13.7. The van der Waals surface area contributed by atoms with E-state index >= 15 is 0 Å². The second-order valence-electron chi connectivity index (χ2n) is 5.97. The van der Waals surface area contributed by atoms with Gasteiger partial charge in [0.15, 0.2) is 11.5 Å². The molecule has 1 amide bonds. The number of nitrogens with one attached hydrogen (secondary N) is 2. The summed E-state index contributed by atoms with van der Waals surface area (Å²) in [5.74, 6) is 1.48. The van der Waals surface area contributed by atoms with Crippen molar-refractivity contribution >= 4 is 16.9 Å². The summed E-state index contributed by atoms with van der Waals surface area (Å²) in [7, 11) is 0. The molecule has 4 rings (SSSR count). The molecule has 1 aromatic heterocycles. The average Bonchev–Trinajstić information content (AvgIpc) is 2.98. The number of H-pyrrole nitrogens is 1. The standard InChI is InChI=1S/C19H19N3O3/c23-19(14-3-4-15-16(11-14)22-12-21-15)20-7-6-13-2-5-17-18(10-13)25-9-1-8-24-17/h2-5,10-12H,1,6-9H2,(H,20,23)(H,21,22). The average molecular weight is 337 g/mol. The molecule has 0 atom stereocenters. The Morgan fingerprint density at radius 3 is 2.92 bits per heavy atom. The third-order valence-electron chi connectivity index (χ3n) is 4.19. The first-order chi connectivity index (χ1) is 12.3. The number of fused-ring (bicyclic) bond motifs is 2. The molecule has 6 heteroatoms. The van der Waals surface area contributed by atoms with E-state index < -0.39 is 0 Å². The Labute approximate surface area is 145 Å². The highest BCUT2D eigenvalue weighted by molar-refractivity contribution is 5.97. The first-order valence-corrected chi connectivity index (χ1v) is 8.39. The molecule has 1 aliphatic rings. The van der Waals surface area contributed by atoms with Crippen LogP contribution in [-0.4, -0.2) is 35.6 Å². The number of benzene rings is 2. The molecule has 2 aromatic carbocycles. The highest BCUT2D eigenvalue weighted by atomic mass is 16.5. The van der Waals surface area contributed by atoms with Crippen molar-refractivity contribution in [1.29, 1.82) is 0 Å². The molecule has 0 saturated heterocycles. The van der Waals surface area contributed by atoms with Gasteiger partial charge in [-0.3, -0.25) is 4.79 Å². The van der Waals surface area contributed by atoms with E-state index in [0.717, 1.165) is 40.9 Å². The van der Waals surface area contributed by atoms with Crippen LogP contribution in [0, 0.1) is 0 Å². The second-order valence-corrected chi connectivity index (χ2v) is 5.97. The molecule has 128 valence electrons. The van der Waals surface area contributed by atoms with E-state index in [0.29, 0.717) is 25.3 Å². The van der Waals surface area contributed by atoms with Crippen molar-refractivity contribution in [3.8, 4) is 11.5 Å². The Kier molecular flexibility index (Phi) is 4.24. The van der Waals surface area contributed by atoms with Gasteiger partial charge in [0, 0.05) is 18.5 Å². The SMILES string of the molecule is O=C(NCCc1ccc2c(c1)OCCCO2)c1ccc2nc[nH]c2c1. The summed E-state index contributed by atoms with van der Waals surface area (Å²) in [5, 5.41) is 2.95. The van der Waals surface area contributed by atoms with Gasteiger partial charge in [0.05, 0.1) is 30.6 Å². The molecule has 0 aliphatic carbocycles. The van der Waals surface area contributed by atoms with E-state index in [9.17, 15) is 4.79 Å². The third kappa shape index (κ3) is 3.42. The number of imidazole rings is 1. The predicted molar refractivity (Wildman–Crippen MR) is 94.2 cm³/mol. The minimum atomic E-state index is -0.0918. The number of aromatic amines is 1. The number of nitrogens with zero attached hydrogens (tertiary/aromatic N) is 1. The Morgan fingerprint density at radius 2 is 2.00 bits per heavy atom. The molecule has 0 spiro atoms. The lowest BCUT2D eigenvalue weighted by molar-refractivity contribution is 0.0954. The quantitative estimate of drug-likeness (QED) is 0.767. The maximum Gasteiger partial charge on any atom is 0.251 e. The van der Waals surface area contributed by atoms with E-state index in [1.807, 2.05) is 30.3 Å². The van der Waals surface area contributed by atoms with Crippen molar-refractivity contribution in [2.75, 3.05) is 19.8 Å². The van der Waals surface area contributed by atoms with Crippen LogP contribution in [0.1, 0.15) is 22.3 Å². The molecule has 3 aromatic rings. The number of amides is 1. The fourth-order valence-corrected chi connectivity index (χ4v) is 2.86. The smallest absolute Gasteiger partial charge is 0.251 e. The Hall–Kier alpha value is -3.02. The van der Waals surface area contributed by atoms with Gasteiger partial charge in [-0.1, -0.05) is 6.07 Å². The van der Waals surface area contributed by atoms with Crippen LogP contribution in [-0.2, 0) is 6.42 Å². The van der Waals surface area contributed by atoms with E-state index in [4.69, 9.17) is 9.47 Å². The van der Waals surface area contributed by atoms with Crippen LogP contribution in [0.15, 0.2) is 42.7 Å². The normalized spacial score (nSPS) is 13.4. The largest absolute Gasteiger partial charge is 0.490 e. The number of rotatable bonds is 4. The number of aromatic nitrogens is 2. The number of carbonyl (C=O) groups excluding carboxylic acids is 1. The Bertz CT molecular complexity index is 904. The first kappa shape index (κ1) is 15.5. The molecule has 6 nitrogen and oxygen atoms in total. The van der Waals surface area contributed by atoms with Crippen LogP contribution < -0.4 is 14.8 Å². The van der Waals surface area contributed by atoms with Crippen molar-refractivity contribution < 1.29 is 14.3 Å². The molecule has 0 bridgehead atoms. The van der Waals surface area contributed by atoms with Crippen molar-refractivity contribution in [1.82, 2.24) is 15.3 Å². The van der Waals surface area contributed by atoms with Gasteiger partial charge in [0.1, 0.15) is 0 Å². The highest BCUT2D eigenvalue weighted by Gasteiger charge is 2.11. The lowest BCUT2D eigenvalue weighted by Crippen LogP contribution is -2.25. The van der Waals surface area contributed by atoms with Gasteiger partial charge in [-0.15, -0.1) is 0 Å². The fourth-order valence-electron chi connectivity index (χ4n) is 2.86. The van der Waals surface area contributed by atoms with Crippen LogP contribution in [0.25, 0.3) is 11.0 Å². The summed E-state index contributed by atoms with van der Waals surface area (Å²) in [6.45, 7) is 1.91. The lowest BCUT2D eigenvalue weighted by atomic mass is 10.1. The van der Waals surface area contributed by atoms with Crippen molar-refractivity contribution in [3.05, 3.63) is 53.9 Å². The lowest BCUT2D eigenvalue weighted by Gasteiger charge is -2.10. The van der Waals surface area contributed by atoms with Gasteiger partial charge in [-0.05, 0) is 42.3 Å². The van der Waals surface area contributed by atoms with E-state index in [-0.39, 0.29) is 5.91 Å². The molecular formula is C19H19N3O3. The van der Waals surface area contributed by atoms with Crippen LogP contribution in [0.2, 0.25) is 0 Å². The van der Waals surface area contributed by atoms with Gasteiger partial charge in [-0.2, -0.15) is 0 Å². The van der Waals surface area contributed by atoms with Crippen molar-refractivity contribution in [3.63, 3.8) is 0 Å². The maximum absolute atomic E-state index is 12.3. The summed E-state index contributed by atoms with van der Waals surface area (Å²) < 4.78 is 11.3. The molecule has 1 aliphatic heterocycles. The van der Waals surface area contributed by atoms with Gasteiger partial charge < -0.3 is 19.8 Å². The first-order valence-electron chi connectivity index (χ1n) is 8.39. The minimum Gasteiger partial charge on any atom is -0.490 e. The molecule has 25 heavy (non-hydrogen) atoms. The summed E-state index contributed by atoms with van der Waals surface area (Å²) in [6.07, 6.45) is 3.24. The van der Waals surface area contributed by atoms with Crippen LogP contribution in [0.3, 0.4) is 0 Å². The zero-order chi connectivity index (χ0) is 17.1.